The first kappa shape index (κ1) is 16.3. The zero-order valence-electron chi connectivity index (χ0n) is 12.0. The molecule has 0 fully saturated rings. The van der Waals surface area contributed by atoms with Crippen LogP contribution in [0.3, 0.4) is 0 Å². The Labute approximate surface area is 117 Å². The standard InChI is InChI=1S/C14H26N2O2Si/c1-17-19(18-2,13-11-16-10-9-15)12-8-14-6-4-3-5-7-14/h3-7,16H,8-13,15H2,1-2H3. The minimum absolute atomic E-state index is 0.665. The molecule has 0 aliphatic rings. The second-order valence-corrected chi connectivity index (χ2v) is 8.23. The van der Waals surface area contributed by atoms with E-state index in [1.54, 1.807) is 14.2 Å². The lowest BCUT2D eigenvalue weighted by molar-refractivity contribution is 0.241. The van der Waals surface area contributed by atoms with Crippen molar-refractivity contribution in [3.8, 4) is 0 Å². The summed E-state index contributed by atoms with van der Waals surface area (Å²) in [5.74, 6) is 0. The highest BCUT2D eigenvalue weighted by atomic mass is 28.4. The molecule has 1 rings (SSSR count). The zero-order chi connectivity index (χ0) is 14.0. The predicted molar refractivity (Wildman–Crippen MR) is 81.5 cm³/mol. The van der Waals surface area contributed by atoms with Gasteiger partial charge in [-0.1, -0.05) is 30.3 Å². The SMILES string of the molecule is CO[Si](CCNCCN)(CCc1ccccc1)OC. The van der Waals surface area contributed by atoms with Crippen LogP contribution in [0.15, 0.2) is 30.3 Å². The third-order valence-corrected chi connectivity index (χ3v) is 6.90. The van der Waals surface area contributed by atoms with Gasteiger partial charge in [0, 0.05) is 33.4 Å². The maximum Gasteiger partial charge on any atom is 0.339 e. The molecule has 3 N–H and O–H groups in total. The average Bonchev–Trinajstić information content (AvgIpc) is 2.48. The Morgan fingerprint density at radius 2 is 1.74 bits per heavy atom. The minimum Gasteiger partial charge on any atom is -0.398 e. The molecule has 0 bridgehead atoms. The van der Waals surface area contributed by atoms with Gasteiger partial charge in [0.15, 0.2) is 0 Å². The van der Waals surface area contributed by atoms with E-state index in [4.69, 9.17) is 14.6 Å². The van der Waals surface area contributed by atoms with Crippen LogP contribution < -0.4 is 11.1 Å². The lowest BCUT2D eigenvalue weighted by Crippen LogP contribution is -2.43. The highest BCUT2D eigenvalue weighted by molar-refractivity contribution is 6.67. The zero-order valence-corrected chi connectivity index (χ0v) is 13.0. The highest BCUT2D eigenvalue weighted by Gasteiger charge is 2.34. The van der Waals surface area contributed by atoms with Crippen LogP contribution in [0, 0.1) is 0 Å². The molecule has 0 aliphatic heterocycles. The molecule has 0 aliphatic carbocycles. The number of hydrogen-bond donors (Lipinski definition) is 2. The van der Waals surface area contributed by atoms with Crippen molar-refractivity contribution in [2.75, 3.05) is 33.9 Å². The van der Waals surface area contributed by atoms with Gasteiger partial charge in [-0.3, -0.25) is 0 Å². The second kappa shape index (κ2) is 9.22. The molecule has 5 heteroatoms. The van der Waals surface area contributed by atoms with Crippen LogP contribution in [-0.2, 0) is 15.3 Å². The molecule has 0 spiro atoms. The van der Waals surface area contributed by atoms with Crippen molar-refractivity contribution < 1.29 is 8.85 Å². The van der Waals surface area contributed by atoms with E-state index >= 15 is 0 Å². The second-order valence-electron chi connectivity index (χ2n) is 4.59. The molecule has 0 saturated heterocycles. The van der Waals surface area contributed by atoms with Crippen molar-refractivity contribution in [2.45, 2.75) is 18.5 Å². The van der Waals surface area contributed by atoms with Crippen molar-refractivity contribution in [1.29, 1.82) is 0 Å². The number of rotatable bonds is 10. The van der Waals surface area contributed by atoms with Gasteiger partial charge in [-0.25, -0.2) is 0 Å². The van der Waals surface area contributed by atoms with E-state index in [2.05, 4.69) is 29.6 Å². The highest BCUT2D eigenvalue weighted by Crippen LogP contribution is 2.20. The average molecular weight is 282 g/mol. The molecule has 108 valence electrons. The van der Waals surface area contributed by atoms with Crippen LogP contribution in [0.1, 0.15) is 5.56 Å². The van der Waals surface area contributed by atoms with E-state index in [9.17, 15) is 0 Å². The van der Waals surface area contributed by atoms with Crippen LogP contribution in [0.5, 0.6) is 0 Å². The van der Waals surface area contributed by atoms with E-state index in [1.807, 2.05) is 6.07 Å². The summed E-state index contributed by atoms with van der Waals surface area (Å²) in [6.07, 6.45) is 1.01. The van der Waals surface area contributed by atoms with Gasteiger partial charge in [0.25, 0.3) is 0 Å². The van der Waals surface area contributed by atoms with Crippen molar-refractivity contribution in [1.82, 2.24) is 5.32 Å². The van der Waals surface area contributed by atoms with Crippen LogP contribution in [-0.4, -0.2) is 42.4 Å². The summed E-state index contributed by atoms with van der Waals surface area (Å²) in [4.78, 5) is 0. The third kappa shape index (κ3) is 5.84. The monoisotopic (exact) mass is 282 g/mol. The molecule has 0 aromatic heterocycles. The van der Waals surface area contributed by atoms with E-state index in [1.165, 1.54) is 5.56 Å². The lowest BCUT2D eigenvalue weighted by Gasteiger charge is -2.27. The van der Waals surface area contributed by atoms with Crippen LogP contribution >= 0.6 is 0 Å². The molecule has 0 radical (unpaired) electrons. The summed E-state index contributed by atoms with van der Waals surface area (Å²) in [5.41, 5.74) is 6.80. The van der Waals surface area contributed by atoms with Crippen molar-refractivity contribution in [3.05, 3.63) is 35.9 Å². The smallest absolute Gasteiger partial charge is 0.339 e. The molecule has 0 unspecified atom stereocenters. The topological polar surface area (TPSA) is 56.5 Å². The fourth-order valence-corrected chi connectivity index (χ4v) is 4.56. The third-order valence-electron chi connectivity index (χ3n) is 3.39. The van der Waals surface area contributed by atoms with Crippen molar-refractivity contribution in [2.24, 2.45) is 5.73 Å². The van der Waals surface area contributed by atoms with Gasteiger partial charge in [-0.05, 0) is 24.6 Å². The van der Waals surface area contributed by atoms with Gasteiger partial charge in [0.2, 0.25) is 0 Å². The maximum atomic E-state index is 5.73. The van der Waals surface area contributed by atoms with Gasteiger partial charge in [0.1, 0.15) is 0 Å². The van der Waals surface area contributed by atoms with E-state index in [0.717, 1.165) is 31.6 Å². The largest absolute Gasteiger partial charge is 0.398 e. The van der Waals surface area contributed by atoms with Gasteiger partial charge in [0.05, 0.1) is 0 Å². The summed E-state index contributed by atoms with van der Waals surface area (Å²) in [6.45, 7) is 2.41. The summed E-state index contributed by atoms with van der Waals surface area (Å²) in [5, 5.41) is 3.31. The number of aryl methyl sites for hydroxylation is 1. The minimum atomic E-state index is -2.08. The number of nitrogens with one attached hydrogen (secondary N) is 1. The molecular weight excluding hydrogens is 256 g/mol. The molecule has 1 aromatic rings. The predicted octanol–water partition coefficient (Wildman–Crippen LogP) is 1.51. The Morgan fingerprint density at radius 1 is 1.05 bits per heavy atom. The summed E-state index contributed by atoms with van der Waals surface area (Å²) < 4.78 is 11.5. The Kier molecular flexibility index (Phi) is 7.93. The molecule has 0 saturated carbocycles. The molecule has 1 aromatic carbocycles. The first-order chi connectivity index (χ1) is 9.26. The van der Waals surface area contributed by atoms with Gasteiger partial charge in [-0.2, -0.15) is 0 Å². The Bertz CT molecular complexity index is 331. The maximum absolute atomic E-state index is 5.73. The Morgan fingerprint density at radius 3 is 2.32 bits per heavy atom. The normalized spacial score (nSPS) is 11.7. The van der Waals surface area contributed by atoms with E-state index in [-0.39, 0.29) is 0 Å². The van der Waals surface area contributed by atoms with Gasteiger partial charge >= 0.3 is 8.56 Å². The Balaban J connectivity index is 2.46. The fourth-order valence-electron chi connectivity index (χ4n) is 2.10. The molecule has 4 nitrogen and oxygen atoms in total. The molecule has 0 amide bonds. The van der Waals surface area contributed by atoms with Crippen LogP contribution in [0.25, 0.3) is 0 Å². The number of benzene rings is 1. The fraction of sp³-hybridized carbons (Fsp3) is 0.571. The molecule has 0 atom stereocenters. The van der Waals surface area contributed by atoms with Crippen molar-refractivity contribution in [3.63, 3.8) is 0 Å². The summed E-state index contributed by atoms with van der Waals surface area (Å²) in [6, 6.07) is 12.4. The molecular formula is C14H26N2O2Si. The van der Waals surface area contributed by atoms with Gasteiger partial charge < -0.3 is 19.9 Å². The quantitative estimate of drug-likeness (QED) is 0.504. The first-order valence-corrected chi connectivity index (χ1v) is 9.04. The van der Waals surface area contributed by atoms with Gasteiger partial charge in [-0.15, -0.1) is 0 Å². The number of nitrogens with two attached hydrogens (primary N) is 1. The molecule has 0 heterocycles. The van der Waals surface area contributed by atoms with Crippen LogP contribution in [0.4, 0.5) is 0 Å². The number of hydrogen-bond acceptors (Lipinski definition) is 4. The van der Waals surface area contributed by atoms with Crippen LogP contribution in [0.2, 0.25) is 12.1 Å². The molecule has 19 heavy (non-hydrogen) atoms. The Hall–Kier alpha value is -0.723. The first-order valence-electron chi connectivity index (χ1n) is 6.81. The van der Waals surface area contributed by atoms with E-state index < -0.39 is 8.56 Å². The lowest BCUT2D eigenvalue weighted by atomic mass is 10.2. The summed E-state index contributed by atoms with van der Waals surface area (Å²) in [7, 11) is 1.46. The summed E-state index contributed by atoms with van der Waals surface area (Å²) >= 11 is 0. The van der Waals surface area contributed by atoms with Crippen molar-refractivity contribution >= 4 is 8.56 Å². The van der Waals surface area contributed by atoms with E-state index in [0.29, 0.717) is 6.54 Å².